The van der Waals surface area contributed by atoms with E-state index >= 15 is 0 Å². The van der Waals surface area contributed by atoms with Gasteiger partial charge in [-0.1, -0.05) is 36.4 Å². The van der Waals surface area contributed by atoms with Gasteiger partial charge in [0.15, 0.2) is 0 Å². The molecular weight excluding hydrogens is 274 g/mol. The van der Waals surface area contributed by atoms with E-state index < -0.39 is 0 Å². The second-order valence-corrected chi connectivity index (χ2v) is 4.94. The van der Waals surface area contributed by atoms with Crippen LogP contribution in [0.2, 0.25) is 0 Å². The van der Waals surface area contributed by atoms with Crippen LogP contribution in [0.15, 0.2) is 72.1 Å². The van der Waals surface area contributed by atoms with Crippen LogP contribution in [-0.4, -0.2) is 16.6 Å². The van der Waals surface area contributed by atoms with Crippen LogP contribution in [0.25, 0.3) is 10.8 Å². The smallest absolute Gasteiger partial charge is 0.267 e. The molecule has 22 heavy (non-hydrogen) atoms. The van der Waals surface area contributed by atoms with Crippen molar-refractivity contribution in [3.8, 4) is 0 Å². The van der Waals surface area contributed by atoms with Crippen LogP contribution in [0.4, 0.5) is 0 Å². The highest BCUT2D eigenvalue weighted by Gasteiger charge is 2.04. The van der Waals surface area contributed by atoms with Gasteiger partial charge in [-0.2, -0.15) is 5.10 Å². The number of hydrazone groups is 1. The molecule has 0 atom stereocenters. The third kappa shape index (κ3) is 3.01. The molecule has 2 aromatic carbocycles. The number of nitrogens with one attached hydrogen (secondary N) is 1. The van der Waals surface area contributed by atoms with E-state index in [2.05, 4.69) is 33.7 Å². The summed E-state index contributed by atoms with van der Waals surface area (Å²) in [6.45, 7) is 1.87. The third-order valence-corrected chi connectivity index (χ3v) is 3.43. The highest BCUT2D eigenvalue weighted by molar-refractivity contribution is 6.03. The van der Waals surface area contributed by atoms with Gasteiger partial charge in [0, 0.05) is 18.0 Å². The maximum atomic E-state index is 11.9. The summed E-state index contributed by atoms with van der Waals surface area (Å²) < 4.78 is 0. The summed E-state index contributed by atoms with van der Waals surface area (Å²) in [4.78, 5) is 15.8. The lowest BCUT2D eigenvalue weighted by atomic mass is 10.0. The summed E-state index contributed by atoms with van der Waals surface area (Å²) in [6, 6.07) is 17.5. The monoisotopic (exact) mass is 289 g/mol. The van der Waals surface area contributed by atoms with Crippen LogP contribution in [-0.2, 0) is 0 Å². The van der Waals surface area contributed by atoms with E-state index in [1.165, 1.54) is 5.39 Å². The maximum absolute atomic E-state index is 11.9. The average Bonchev–Trinajstić information content (AvgIpc) is 2.59. The van der Waals surface area contributed by atoms with Crippen molar-refractivity contribution in [1.29, 1.82) is 0 Å². The zero-order valence-corrected chi connectivity index (χ0v) is 12.2. The minimum atomic E-state index is -0.248. The lowest BCUT2D eigenvalue weighted by Gasteiger charge is -2.04. The molecule has 0 saturated heterocycles. The van der Waals surface area contributed by atoms with Gasteiger partial charge in [0.25, 0.3) is 5.91 Å². The van der Waals surface area contributed by atoms with Gasteiger partial charge in [-0.15, -0.1) is 0 Å². The number of rotatable bonds is 3. The number of carbonyl (C=O) groups is 1. The highest BCUT2D eigenvalue weighted by atomic mass is 16.2. The van der Waals surface area contributed by atoms with Crippen molar-refractivity contribution in [1.82, 2.24) is 10.4 Å². The van der Waals surface area contributed by atoms with Crippen molar-refractivity contribution in [2.45, 2.75) is 6.92 Å². The Morgan fingerprint density at radius 2 is 1.68 bits per heavy atom. The first-order valence-electron chi connectivity index (χ1n) is 6.98. The van der Waals surface area contributed by atoms with Crippen molar-refractivity contribution in [2.75, 3.05) is 0 Å². The number of carbonyl (C=O) groups excluding carboxylic acids is 1. The van der Waals surface area contributed by atoms with Crippen molar-refractivity contribution >= 4 is 22.4 Å². The van der Waals surface area contributed by atoms with Crippen LogP contribution in [0.1, 0.15) is 22.8 Å². The van der Waals surface area contributed by atoms with Crippen molar-refractivity contribution < 1.29 is 4.79 Å². The van der Waals surface area contributed by atoms with Gasteiger partial charge in [-0.3, -0.25) is 9.78 Å². The molecule has 0 radical (unpaired) electrons. The fraction of sp³-hybridized carbons (Fsp3) is 0.0556. The quantitative estimate of drug-likeness (QED) is 0.593. The van der Waals surface area contributed by atoms with Crippen LogP contribution in [0.5, 0.6) is 0 Å². The number of aromatic nitrogens is 1. The summed E-state index contributed by atoms with van der Waals surface area (Å²) >= 11 is 0. The van der Waals surface area contributed by atoms with E-state index in [0.717, 1.165) is 16.7 Å². The number of benzene rings is 2. The normalized spacial score (nSPS) is 11.4. The molecule has 1 N–H and O–H groups in total. The van der Waals surface area contributed by atoms with Crippen molar-refractivity contribution in [3.05, 3.63) is 78.1 Å². The standard InChI is InChI=1S/C18H15N3O/c1-13(20-21-18(22)15-8-10-19-11-9-15)16-7-6-14-4-2-3-5-17(14)12-16/h2-12H,1H3,(H,21,22)/b20-13+. The number of hydrogen-bond donors (Lipinski definition) is 1. The van der Waals surface area contributed by atoms with Gasteiger partial charge >= 0.3 is 0 Å². The summed E-state index contributed by atoms with van der Waals surface area (Å²) in [5.74, 6) is -0.248. The molecule has 0 fully saturated rings. The first kappa shape index (κ1) is 13.9. The van der Waals surface area contributed by atoms with Gasteiger partial charge in [0.2, 0.25) is 0 Å². The SMILES string of the molecule is C/C(=N\NC(=O)c1ccncc1)c1ccc2ccccc2c1. The molecule has 0 aliphatic rings. The summed E-state index contributed by atoms with van der Waals surface area (Å²) in [5.41, 5.74) is 4.84. The molecule has 3 rings (SSSR count). The Morgan fingerprint density at radius 1 is 0.955 bits per heavy atom. The Bertz CT molecular complexity index is 841. The summed E-state index contributed by atoms with van der Waals surface area (Å²) in [6.07, 6.45) is 3.16. The first-order chi connectivity index (χ1) is 10.7. The minimum Gasteiger partial charge on any atom is -0.267 e. The first-order valence-corrected chi connectivity index (χ1v) is 6.98. The molecule has 4 heteroatoms. The van der Waals surface area contributed by atoms with Gasteiger partial charge in [0.05, 0.1) is 5.71 Å². The number of fused-ring (bicyclic) bond motifs is 1. The van der Waals surface area contributed by atoms with E-state index in [9.17, 15) is 4.79 Å². The van der Waals surface area contributed by atoms with E-state index in [4.69, 9.17) is 0 Å². The molecule has 0 bridgehead atoms. The van der Waals surface area contributed by atoms with Crippen LogP contribution in [0.3, 0.4) is 0 Å². The second kappa shape index (κ2) is 6.18. The van der Waals surface area contributed by atoms with E-state index in [-0.39, 0.29) is 5.91 Å². The molecule has 0 aliphatic heterocycles. The molecule has 0 saturated carbocycles. The van der Waals surface area contributed by atoms with Crippen LogP contribution >= 0.6 is 0 Å². The van der Waals surface area contributed by atoms with E-state index in [0.29, 0.717) is 5.56 Å². The number of amides is 1. The summed E-state index contributed by atoms with van der Waals surface area (Å²) in [5, 5.41) is 6.50. The Hall–Kier alpha value is -3.01. The second-order valence-electron chi connectivity index (χ2n) is 4.94. The zero-order valence-electron chi connectivity index (χ0n) is 12.2. The predicted octanol–water partition coefficient (Wildman–Crippen LogP) is 3.39. The highest BCUT2D eigenvalue weighted by Crippen LogP contribution is 2.16. The van der Waals surface area contributed by atoms with Gasteiger partial charge in [0.1, 0.15) is 0 Å². The number of pyridine rings is 1. The Kier molecular flexibility index (Phi) is 3.92. The lowest BCUT2D eigenvalue weighted by Crippen LogP contribution is -2.19. The number of nitrogens with zero attached hydrogens (tertiary/aromatic N) is 2. The van der Waals surface area contributed by atoms with Crippen molar-refractivity contribution in [3.63, 3.8) is 0 Å². The molecule has 1 heterocycles. The molecule has 1 amide bonds. The molecule has 4 nitrogen and oxygen atoms in total. The fourth-order valence-electron chi connectivity index (χ4n) is 2.18. The Morgan fingerprint density at radius 3 is 2.45 bits per heavy atom. The zero-order chi connectivity index (χ0) is 15.4. The third-order valence-electron chi connectivity index (χ3n) is 3.43. The summed E-state index contributed by atoms with van der Waals surface area (Å²) in [7, 11) is 0. The molecule has 0 spiro atoms. The number of hydrogen-bond acceptors (Lipinski definition) is 3. The molecule has 1 aromatic heterocycles. The van der Waals surface area contributed by atoms with Gasteiger partial charge in [-0.25, -0.2) is 5.43 Å². The minimum absolute atomic E-state index is 0.248. The molecule has 0 aliphatic carbocycles. The average molecular weight is 289 g/mol. The molecular formula is C18H15N3O. The Balaban J connectivity index is 1.80. The fourth-order valence-corrected chi connectivity index (χ4v) is 2.18. The molecule has 3 aromatic rings. The molecule has 108 valence electrons. The van der Waals surface area contributed by atoms with E-state index in [1.54, 1.807) is 24.5 Å². The van der Waals surface area contributed by atoms with Crippen LogP contribution in [0, 0.1) is 0 Å². The van der Waals surface area contributed by atoms with E-state index in [1.807, 2.05) is 31.2 Å². The Labute approximate surface area is 128 Å². The topological polar surface area (TPSA) is 54.4 Å². The molecule has 0 unspecified atom stereocenters. The maximum Gasteiger partial charge on any atom is 0.271 e. The predicted molar refractivity (Wildman–Crippen MR) is 87.9 cm³/mol. The largest absolute Gasteiger partial charge is 0.271 e. The lowest BCUT2D eigenvalue weighted by molar-refractivity contribution is 0.0954. The van der Waals surface area contributed by atoms with Crippen LogP contribution < -0.4 is 5.43 Å². The van der Waals surface area contributed by atoms with Crippen molar-refractivity contribution in [2.24, 2.45) is 5.10 Å². The van der Waals surface area contributed by atoms with Gasteiger partial charge < -0.3 is 0 Å². The van der Waals surface area contributed by atoms with Gasteiger partial charge in [-0.05, 0) is 41.5 Å².